The highest BCUT2D eigenvalue weighted by atomic mass is 32.1. The molecule has 10 heteroatoms. The molecule has 2 aliphatic rings. The number of hydrogen-bond acceptors (Lipinski definition) is 8. The number of aromatic nitrogens is 1. The number of thiocarbonyl (C=S) groups is 1. The van der Waals surface area contributed by atoms with Crippen LogP contribution in [0.5, 0.6) is 0 Å². The summed E-state index contributed by atoms with van der Waals surface area (Å²) in [4.78, 5) is 34.7. The Labute approximate surface area is 205 Å². The van der Waals surface area contributed by atoms with Crippen LogP contribution in [0.4, 0.5) is 0 Å². The Hall–Kier alpha value is -2.30. The first-order valence-electron chi connectivity index (χ1n) is 11.2. The lowest BCUT2D eigenvalue weighted by Crippen LogP contribution is -2.53. The highest BCUT2D eigenvalue weighted by Crippen LogP contribution is 2.25. The summed E-state index contributed by atoms with van der Waals surface area (Å²) in [6.45, 7) is 10.4. The maximum atomic E-state index is 12.6. The third kappa shape index (κ3) is 6.61. The molecule has 0 aromatic carbocycles. The monoisotopic (exact) mass is 491 g/mol. The molecule has 0 saturated carbocycles. The van der Waals surface area contributed by atoms with E-state index in [0.717, 1.165) is 54.0 Å². The van der Waals surface area contributed by atoms with Crippen LogP contribution in [-0.4, -0.2) is 90.0 Å². The minimum Gasteiger partial charge on any atom is -0.463 e. The molecule has 1 aromatic heterocycles. The maximum absolute atomic E-state index is 12.6. The van der Waals surface area contributed by atoms with Gasteiger partial charge in [-0.2, -0.15) is 0 Å². The minimum absolute atomic E-state index is 0.270. The molecular formula is C23H33N5O3S2. The van der Waals surface area contributed by atoms with Crippen LogP contribution in [0.15, 0.2) is 28.9 Å². The molecule has 180 valence electrons. The molecule has 0 unspecified atom stereocenters. The molecule has 0 atom stereocenters. The van der Waals surface area contributed by atoms with Gasteiger partial charge in [0.1, 0.15) is 11.3 Å². The van der Waals surface area contributed by atoms with Crippen LogP contribution in [0.2, 0.25) is 0 Å². The van der Waals surface area contributed by atoms with Gasteiger partial charge in [-0.1, -0.05) is 19.9 Å². The number of carbonyl (C=O) groups is 2. The van der Waals surface area contributed by atoms with Crippen LogP contribution in [-0.2, 0) is 14.3 Å². The number of ether oxygens (including phenoxy) is 1. The third-order valence-electron chi connectivity index (χ3n) is 5.66. The zero-order valence-corrected chi connectivity index (χ0v) is 21.4. The second kappa shape index (κ2) is 11.2. The van der Waals surface area contributed by atoms with Gasteiger partial charge in [-0.05, 0) is 19.1 Å². The minimum atomic E-state index is -0.439. The smallest absolute Gasteiger partial charge is 0.336 e. The van der Waals surface area contributed by atoms with Crippen LogP contribution in [0.25, 0.3) is 5.70 Å². The number of thiazole rings is 1. The van der Waals surface area contributed by atoms with Gasteiger partial charge >= 0.3 is 5.97 Å². The molecule has 0 bridgehead atoms. The topological polar surface area (TPSA) is 78.0 Å². The third-order valence-corrected chi connectivity index (χ3v) is 7.04. The Morgan fingerprint density at radius 1 is 1.36 bits per heavy atom. The molecule has 0 amide bonds. The molecule has 1 aromatic rings. The Kier molecular flexibility index (Phi) is 8.61. The average molecular weight is 492 g/mol. The predicted molar refractivity (Wildman–Crippen MR) is 135 cm³/mol. The first-order chi connectivity index (χ1) is 15.7. The molecule has 33 heavy (non-hydrogen) atoms. The van der Waals surface area contributed by atoms with Crippen molar-refractivity contribution in [3.05, 3.63) is 33.9 Å². The van der Waals surface area contributed by atoms with Gasteiger partial charge in [-0.15, -0.1) is 11.3 Å². The lowest BCUT2D eigenvalue weighted by molar-refractivity contribution is -0.138. The largest absolute Gasteiger partial charge is 0.463 e. The van der Waals surface area contributed by atoms with Crippen molar-refractivity contribution in [1.82, 2.24) is 25.0 Å². The summed E-state index contributed by atoms with van der Waals surface area (Å²) in [6.07, 6.45) is 5.28. The first-order valence-corrected chi connectivity index (χ1v) is 12.5. The fourth-order valence-corrected chi connectivity index (χ4v) is 4.83. The van der Waals surface area contributed by atoms with Gasteiger partial charge in [0.2, 0.25) is 0 Å². The van der Waals surface area contributed by atoms with E-state index in [9.17, 15) is 9.59 Å². The second-order valence-electron chi connectivity index (χ2n) is 8.97. The molecular weight excluding hydrogens is 458 g/mol. The van der Waals surface area contributed by atoms with E-state index >= 15 is 0 Å². The molecule has 2 aliphatic heterocycles. The van der Waals surface area contributed by atoms with Crippen LogP contribution >= 0.6 is 23.6 Å². The number of nitrogens with one attached hydrogen (secondary N) is 1. The van der Waals surface area contributed by atoms with Crippen LogP contribution in [0.1, 0.15) is 32.2 Å². The van der Waals surface area contributed by atoms with E-state index in [1.807, 2.05) is 44.2 Å². The van der Waals surface area contributed by atoms with Crippen molar-refractivity contribution >= 4 is 46.6 Å². The fraction of sp³-hybridized carbons (Fsp3) is 0.565. The normalized spacial score (nSPS) is 17.3. The van der Waals surface area contributed by atoms with Gasteiger partial charge in [-0.3, -0.25) is 4.90 Å². The lowest BCUT2D eigenvalue weighted by atomic mass is 9.95. The highest BCUT2D eigenvalue weighted by Gasteiger charge is 2.28. The van der Waals surface area contributed by atoms with Crippen LogP contribution in [0, 0.1) is 5.41 Å². The average Bonchev–Trinajstić information content (AvgIpc) is 3.34. The van der Waals surface area contributed by atoms with E-state index < -0.39 is 5.41 Å². The van der Waals surface area contributed by atoms with Crippen molar-refractivity contribution in [1.29, 1.82) is 0 Å². The van der Waals surface area contributed by atoms with Crippen molar-refractivity contribution in [3.8, 4) is 0 Å². The predicted octanol–water partition coefficient (Wildman–Crippen LogP) is 2.35. The zero-order chi connectivity index (χ0) is 24.0. The molecule has 1 saturated heterocycles. The molecule has 0 radical (unpaired) electrons. The number of nitrogens with zero attached hydrogens (tertiary/aromatic N) is 4. The number of piperazine rings is 1. The number of allylic oxidation sites excluding steroid dienone is 1. The van der Waals surface area contributed by atoms with Crippen molar-refractivity contribution < 1.29 is 14.3 Å². The van der Waals surface area contributed by atoms with E-state index in [0.29, 0.717) is 31.7 Å². The lowest BCUT2D eigenvalue weighted by Gasteiger charge is -2.40. The summed E-state index contributed by atoms with van der Waals surface area (Å²) < 4.78 is 5.30. The van der Waals surface area contributed by atoms with Gasteiger partial charge in [-0.25, -0.2) is 9.78 Å². The van der Waals surface area contributed by atoms with E-state index in [1.54, 1.807) is 17.5 Å². The molecule has 0 aliphatic carbocycles. The first kappa shape index (κ1) is 25.3. The SMILES string of the molecule is CCOC(=O)C1=C(CN2CCN(C(=S)N(C)CC(C)(C)C=O)CC2)NC(c2nccs2)=CC1. The number of rotatable bonds is 8. The standard InChI is InChI=1S/C23H33N5O3S2/c1-5-31-21(30)17-6-7-18(20-24-8-13-33-20)25-19(17)14-27-9-11-28(12-10-27)22(32)26(4)15-23(2,3)16-29/h7-8,13,16,25H,5-6,9-12,14-15H2,1-4H3. The van der Waals surface area contributed by atoms with Gasteiger partial charge in [0.05, 0.1) is 17.9 Å². The number of carbonyl (C=O) groups excluding carboxylic acids is 2. The summed E-state index contributed by atoms with van der Waals surface area (Å²) in [6, 6.07) is 0. The number of esters is 1. The zero-order valence-electron chi connectivity index (χ0n) is 19.8. The molecule has 1 fully saturated rings. The van der Waals surface area contributed by atoms with Gasteiger partial charge in [0.25, 0.3) is 0 Å². The Morgan fingerprint density at radius 2 is 2.09 bits per heavy atom. The molecule has 3 heterocycles. The van der Waals surface area contributed by atoms with Crippen molar-refractivity contribution in [2.45, 2.75) is 27.2 Å². The summed E-state index contributed by atoms with van der Waals surface area (Å²) >= 11 is 7.24. The van der Waals surface area contributed by atoms with E-state index in [2.05, 4.69) is 20.1 Å². The van der Waals surface area contributed by atoms with E-state index in [-0.39, 0.29) is 5.97 Å². The fourth-order valence-electron chi connectivity index (χ4n) is 3.95. The second-order valence-corrected chi connectivity index (χ2v) is 10.2. The number of dihydropyridines is 1. The summed E-state index contributed by atoms with van der Waals surface area (Å²) in [7, 11) is 1.94. The molecule has 3 rings (SSSR count). The van der Waals surface area contributed by atoms with Crippen LogP contribution < -0.4 is 5.32 Å². The summed E-state index contributed by atoms with van der Waals surface area (Å²) in [5.74, 6) is -0.270. The Morgan fingerprint density at radius 3 is 2.70 bits per heavy atom. The molecule has 0 spiro atoms. The summed E-state index contributed by atoms with van der Waals surface area (Å²) in [5.41, 5.74) is 2.05. The van der Waals surface area contributed by atoms with Crippen molar-refractivity contribution in [3.63, 3.8) is 0 Å². The van der Waals surface area contributed by atoms with E-state index in [1.165, 1.54) is 0 Å². The quantitative estimate of drug-likeness (QED) is 0.335. The molecule has 8 nitrogen and oxygen atoms in total. The van der Waals surface area contributed by atoms with E-state index in [4.69, 9.17) is 17.0 Å². The molecule has 1 N–H and O–H groups in total. The summed E-state index contributed by atoms with van der Waals surface area (Å²) in [5, 5.41) is 7.06. The van der Waals surface area contributed by atoms with Gasteiger partial charge in [0.15, 0.2) is 5.11 Å². The number of aldehydes is 1. The highest BCUT2D eigenvalue weighted by molar-refractivity contribution is 7.80. The van der Waals surface area contributed by atoms with Gasteiger partial charge < -0.3 is 24.6 Å². The van der Waals surface area contributed by atoms with Crippen molar-refractivity contribution in [2.75, 3.05) is 52.9 Å². The Balaban J connectivity index is 1.62. The Bertz CT molecular complexity index is 919. The number of hydrogen-bond donors (Lipinski definition) is 1. The van der Waals surface area contributed by atoms with Gasteiger partial charge in [0, 0.05) is 75.4 Å². The maximum Gasteiger partial charge on any atom is 0.336 e. The van der Waals surface area contributed by atoms with Crippen molar-refractivity contribution in [2.24, 2.45) is 5.41 Å². The van der Waals surface area contributed by atoms with Crippen LogP contribution in [0.3, 0.4) is 0 Å².